The van der Waals surface area contributed by atoms with Crippen molar-refractivity contribution in [3.8, 4) is 11.5 Å². The summed E-state index contributed by atoms with van der Waals surface area (Å²) in [6.45, 7) is 0.921. The molecule has 1 unspecified atom stereocenters. The van der Waals surface area contributed by atoms with Gasteiger partial charge >= 0.3 is 6.03 Å². The number of carbonyl (C=O) groups excluding carboxylic acids is 1. The second-order valence-corrected chi connectivity index (χ2v) is 6.24. The highest BCUT2D eigenvalue weighted by atomic mass is 19.1. The zero-order chi connectivity index (χ0) is 18.5. The number of nitrogens with one attached hydrogen (secondary N) is 2. The van der Waals surface area contributed by atoms with Gasteiger partial charge in [-0.1, -0.05) is 18.2 Å². The first kappa shape index (κ1) is 17.8. The fourth-order valence-corrected chi connectivity index (χ4v) is 2.64. The molecule has 2 aromatic carbocycles. The van der Waals surface area contributed by atoms with Gasteiger partial charge in [-0.2, -0.15) is 0 Å². The van der Waals surface area contributed by atoms with Gasteiger partial charge in [0, 0.05) is 20.6 Å². The van der Waals surface area contributed by atoms with Gasteiger partial charge in [0.2, 0.25) is 0 Å². The SMILES string of the molecule is CN(C)c1ccc(CNC(=O)NCC2COc3ccccc3O2)cc1F. The van der Waals surface area contributed by atoms with Crippen LogP contribution in [0.2, 0.25) is 0 Å². The van der Waals surface area contributed by atoms with Crippen molar-refractivity contribution >= 4 is 11.7 Å². The first-order valence-corrected chi connectivity index (χ1v) is 8.39. The first-order chi connectivity index (χ1) is 12.5. The van der Waals surface area contributed by atoms with Crippen molar-refractivity contribution in [2.45, 2.75) is 12.6 Å². The Hall–Kier alpha value is -2.96. The van der Waals surface area contributed by atoms with Crippen LogP contribution in [-0.4, -0.2) is 39.4 Å². The minimum atomic E-state index is -0.343. The molecular weight excluding hydrogens is 337 g/mol. The van der Waals surface area contributed by atoms with Crippen LogP contribution in [0.25, 0.3) is 0 Å². The summed E-state index contributed by atoms with van der Waals surface area (Å²) < 4.78 is 25.3. The van der Waals surface area contributed by atoms with Crippen LogP contribution in [0.3, 0.4) is 0 Å². The highest BCUT2D eigenvalue weighted by Crippen LogP contribution is 2.30. The van der Waals surface area contributed by atoms with Crippen LogP contribution in [-0.2, 0) is 6.54 Å². The lowest BCUT2D eigenvalue weighted by atomic mass is 10.2. The average molecular weight is 359 g/mol. The van der Waals surface area contributed by atoms with E-state index in [1.165, 1.54) is 6.07 Å². The third-order valence-electron chi connectivity index (χ3n) is 4.00. The molecule has 0 fully saturated rings. The smallest absolute Gasteiger partial charge is 0.315 e. The molecule has 1 heterocycles. The lowest BCUT2D eigenvalue weighted by Gasteiger charge is -2.26. The maximum atomic E-state index is 13.9. The van der Waals surface area contributed by atoms with Crippen molar-refractivity contribution in [1.82, 2.24) is 10.6 Å². The quantitative estimate of drug-likeness (QED) is 0.861. The molecule has 2 amide bonds. The molecular formula is C19H22FN3O3. The van der Waals surface area contributed by atoms with E-state index in [1.54, 1.807) is 31.1 Å². The summed E-state index contributed by atoms with van der Waals surface area (Å²) >= 11 is 0. The van der Waals surface area contributed by atoms with Crippen molar-refractivity contribution < 1.29 is 18.7 Å². The normalized spacial score (nSPS) is 15.3. The zero-order valence-electron chi connectivity index (χ0n) is 14.8. The Morgan fingerprint density at radius 1 is 1.19 bits per heavy atom. The van der Waals surface area contributed by atoms with E-state index in [1.807, 2.05) is 24.3 Å². The Balaban J connectivity index is 1.44. The summed E-state index contributed by atoms with van der Waals surface area (Å²) in [6.07, 6.45) is -0.257. The summed E-state index contributed by atoms with van der Waals surface area (Å²) in [5.74, 6) is 1.06. The molecule has 2 N–H and O–H groups in total. The van der Waals surface area contributed by atoms with Gasteiger partial charge in [-0.05, 0) is 29.8 Å². The number of hydrogen-bond acceptors (Lipinski definition) is 4. The molecule has 3 rings (SSSR count). The molecule has 0 aromatic heterocycles. The van der Waals surface area contributed by atoms with Crippen molar-refractivity contribution in [3.05, 3.63) is 53.8 Å². The third kappa shape index (κ3) is 4.36. The Kier molecular flexibility index (Phi) is 5.46. The Morgan fingerprint density at radius 2 is 1.96 bits per heavy atom. The number of nitrogens with zero attached hydrogens (tertiary/aromatic N) is 1. The van der Waals surface area contributed by atoms with Gasteiger partial charge in [0.15, 0.2) is 17.6 Å². The van der Waals surface area contributed by atoms with E-state index in [2.05, 4.69) is 10.6 Å². The maximum Gasteiger partial charge on any atom is 0.315 e. The molecule has 0 saturated carbocycles. The van der Waals surface area contributed by atoms with Crippen molar-refractivity contribution in [2.75, 3.05) is 32.1 Å². The van der Waals surface area contributed by atoms with Crippen LogP contribution in [0.5, 0.6) is 11.5 Å². The summed E-state index contributed by atoms with van der Waals surface area (Å²) in [7, 11) is 3.55. The number of fused-ring (bicyclic) bond motifs is 1. The monoisotopic (exact) mass is 359 g/mol. The predicted molar refractivity (Wildman–Crippen MR) is 97.3 cm³/mol. The molecule has 0 bridgehead atoms. The third-order valence-corrected chi connectivity index (χ3v) is 4.00. The average Bonchev–Trinajstić information content (AvgIpc) is 2.64. The van der Waals surface area contributed by atoms with Crippen LogP contribution in [0.4, 0.5) is 14.9 Å². The van der Waals surface area contributed by atoms with E-state index in [0.29, 0.717) is 35.9 Å². The van der Waals surface area contributed by atoms with Crippen LogP contribution < -0.4 is 25.0 Å². The highest BCUT2D eigenvalue weighted by Gasteiger charge is 2.20. The summed E-state index contributed by atoms with van der Waals surface area (Å²) in [5.41, 5.74) is 1.20. The molecule has 2 aromatic rings. The molecule has 0 saturated heterocycles. The summed E-state index contributed by atoms with van der Waals surface area (Å²) in [6, 6.07) is 12.0. The molecule has 6 nitrogen and oxygen atoms in total. The van der Waals surface area contributed by atoms with Gasteiger partial charge in [0.1, 0.15) is 12.4 Å². The molecule has 1 aliphatic heterocycles. The molecule has 0 radical (unpaired) electrons. The fourth-order valence-electron chi connectivity index (χ4n) is 2.64. The van der Waals surface area contributed by atoms with Gasteiger partial charge in [-0.25, -0.2) is 9.18 Å². The number of hydrogen-bond donors (Lipinski definition) is 2. The van der Waals surface area contributed by atoms with E-state index in [4.69, 9.17) is 9.47 Å². The van der Waals surface area contributed by atoms with Gasteiger partial charge in [0.25, 0.3) is 0 Å². The molecule has 138 valence electrons. The van der Waals surface area contributed by atoms with E-state index >= 15 is 0 Å². The van der Waals surface area contributed by atoms with Crippen LogP contribution >= 0.6 is 0 Å². The number of halogens is 1. The second-order valence-electron chi connectivity index (χ2n) is 6.24. The molecule has 1 aliphatic rings. The van der Waals surface area contributed by atoms with E-state index < -0.39 is 0 Å². The summed E-state index contributed by atoms with van der Waals surface area (Å²) in [5, 5.41) is 5.45. The highest BCUT2D eigenvalue weighted by molar-refractivity contribution is 5.73. The van der Waals surface area contributed by atoms with Crippen molar-refractivity contribution in [3.63, 3.8) is 0 Å². The molecule has 1 atom stereocenters. The number of anilines is 1. The number of urea groups is 1. The molecule has 0 spiro atoms. The van der Waals surface area contributed by atoms with E-state index in [0.717, 1.165) is 0 Å². The number of ether oxygens (including phenoxy) is 2. The van der Waals surface area contributed by atoms with Crippen LogP contribution in [0.15, 0.2) is 42.5 Å². The van der Waals surface area contributed by atoms with Crippen LogP contribution in [0.1, 0.15) is 5.56 Å². The zero-order valence-corrected chi connectivity index (χ0v) is 14.8. The standard InChI is InChI=1S/C19H22FN3O3/c1-23(2)16-8-7-13(9-15(16)20)10-21-19(24)22-11-14-12-25-17-5-3-4-6-18(17)26-14/h3-9,14H,10-12H2,1-2H3,(H2,21,22,24). The van der Waals surface area contributed by atoms with Gasteiger partial charge < -0.3 is 25.0 Å². The number of amides is 2. The van der Waals surface area contributed by atoms with E-state index in [9.17, 15) is 9.18 Å². The Morgan fingerprint density at radius 3 is 2.69 bits per heavy atom. The number of carbonyl (C=O) groups is 1. The maximum absolute atomic E-state index is 13.9. The minimum Gasteiger partial charge on any atom is -0.486 e. The first-order valence-electron chi connectivity index (χ1n) is 8.39. The van der Waals surface area contributed by atoms with Gasteiger partial charge in [-0.15, -0.1) is 0 Å². The number of rotatable bonds is 5. The molecule has 0 aliphatic carbocycles. The minimum absolute atomic E-state index is 0.237. The van der Waals surface area contributed by atoms with Gasteiger partial charge in [-0.3, -0.25) is 0 Å². The molecule has 26 heavy (non-hydrogen) atoms. The topological polar surface area (TPSA) is 62.8 Å². The number of para-hydroxylation sites is 2. The fraction of sp³-hybridized carbons (Fsp3) is 0.316. The van der Waals surface area contributed by atoms with E-state index in [-0.39, 0.29) is 24.5 Å². The second kappa shape index (κ2) is 7.95. The lowest BCUT2D eigenvalue weighted by Crippen LogP contribution is -2.44. The predicted octanol–water partition coefficient (Wildman–Crippen LogP) is 2.53. The van der Waals surface area contributed by atoms with Crippen molar-refractivity contribution in [2.24, 2.45) is 0 Å². The Labute approximate surface area is 151 Å². The lowest BCUT2D eigenvalue weighted by molar-refractivity contribution is 0.0918. The Bertz CT molecular complexity index is 782. The van der Waals surface area contributed by atoms with Gasteiger partial charge in [0.05, 0.1) is 12.2 Å². The van der Waals surface area contributed by atoms with Crippen LogP contribution in [0, 0.1) is 5.82 Å². The summed E-state index contributed by atoms with van der Waals surface area (Å²) in [4.78, 5) is 13.6. The molecule has 7 heteroatoms. The largest absolute Gasteiger partial charge is 0.486 e. The van der Waals surface area contributed by atoms with Crippen molar-refractivity contribution in [1.29, 1.82) is 0 Å². The number of benzene rings is 2.